The van der Waals surface area contributed by atoms with E-state index in [0.717, 1.165) is 33.6 Å². The number of hydrogen-bond donors (Lipinski definition) is 1. The molecule has 9 nitrogen and oxygen atoms in total. The highest BCUT2D eigenvalue weighted by Gasteiger charge is 2.16. The number of benzene rings is 2. The topological polar surface area (TPSA) is 102 Å². The summed E-state index contributed by atoms with van der Waals surface area (Å²) in [6.45, 7) is 4.56. The summed E-state index contributed by atoms with van der Waals surface area (Å²) in [5.74, 6) is 1.49. The predicted molar refractivity (Wildman–Crippen MR) is 136 cm³/mol. The van der Waals surface area contributed by atoms with Gasteiger partial charge in [-0.1, -0.05) is 36.4 Å². The van der Waals surface area contributed by atoms with Crippen LogP contribution in [-0.2, 0) is 26.2 Å². The fourth-order valence-electron chi connectivity index (χ4n) is 4.18. The molecule has 1 N–H and O–H groups in total. The van der Waals surface area contributed by atoms with Crippen LogP contribution in [0.15, 0.2) is 83.9 Å². The van der Waals surface area contributed by atoms with Crippen molar-refractivity contribution in [3.8, 4) is 5.75 Å². The van der Waals surface area contributed by atoms with Crippen LogP contribution >= 0.6 is 0 Å². The fraction of sp³-hybridized carbons (Fsp3) is 0.222. The van der Waals surface area contributed by atoms with Gasteiger partial charge in [-0.25, -0.2) is 4.68 Å². The van der Waals surface area contributed by atoms with E-state index < -0.39 is 0 Å². The van der Waals surface area contributed by atoms with Crippen LogP contribution < -0.4 is 10.3 Å². The number of pyridine rings is 2. The molecule has 0 aliphatic heterocycles. The highest BCUT2D eigenvalue weighted by molar-refractivity contribution is 5.80. The Morgan fingerprint density at radius 2 is 1.83 bits per heavy atom. The lowest BCUT2D eigenvalue weighted by Gasteiger charge is -2.22. The molecular weight excluding hydrogens is 454 g/mol. The third-order valence-electron chi connectivity index (χ3n) is 5.87. The molecule has 36 heavy (non-hydrogen) atoms. The van der Waals surface area contributed by atoms with Crippen LogP contribution in [0.4, 0.5) is 0 Å². The Morgan fingerprint density at radius 1 is 0.972 bits per heavy atom. The number of hydrogen-bond acceptors (Lipinski definition) is 7. The zero-order valence-corrected chi connectivity index (χ0v) is 20.0. The predicted octanol–water partition coefficient (Wildman–Crippen LogP) is 3.56. The van der Waals surface area contributed by atoms with Gasteiger partial charge >= 0.3 is 0 Å². The van der Waals surface area contributed by atoms with Gasteiger partial charge in [0.15, 0.2) is 5.82 Å². The lowest BCUT2D eigenvalue weighted by Crippen LogP contribution is -2.28. The Hall–Kier alpha value is -4.37. The third kappa shape index (κ3) is 5.64. The largest absolute Gasteiger partial charge is 0.494 e. The second-order valence-electron chi connectivity index (χ2n) is 8.55. The van der Waals surface area contributed by atoms with Crippen LogP contribution in [0.1, 0.15) is 29.4 Å². The number of nitrogens with one attached hydrogen (secondary N) is 1. The van der Waals surface area contributed by atoms with Crippen LogP contribution in [0.5, 0.6) is 5.75 Å². The zero-order valence-electron chi connectivity index (χ0n) is 20.0. The summed E-state index contributed by atoms with van der Waals surface area (Å²) in [6.07, 6.45) is 3.58. The minimum Gasteiger partial charge on any atom is -0.494 e. The number of H-pyrrole nitrogens is 1. The zero-order chi connectivity index (χ0) is 24.7. The van der Waals surface area contributed by atoms with Gasteiger partial charge in [-0.05, 0) is 58.8 Å². The summed E-state index contributed by atoms with van der Waals surface area (Å²) in [6, 6.07) is 21.6. The summed E-state index contributed by atoms with van der Waals surface area (Å²) in [4.78, 5) is 22.4. The van der Waals surface area contributed by atoms with Crippen molar-refractivity contribution in [1.82, 2.24) is 35.1 Å². The Kier molecular flexibility index (Phi) is 7.09. The normalized spacial score (nSPS) is 11.3. The van der Waals surface area contributed by atoms with Crippen molar-refractivity contribution in [2.45, 2.75) is 33.1 Å². The quantitative estimate of drug-likeness (QED) is 0.325. The van der Waals surface area contributed by atoms with Crippen molar-refractivity contribution in [1.29, 1.82) is 0 Å². The van der Waals surface area contributed by atoms with Crippen molar-refractivity contribution in [3.63, 3.8) is 0 Å². The Bertz CT molecular complexity index is 1480. The van der Waals surface area contributed by atoms with Gasteiger partial charge in [0.25, 0.3) is 5.56 Å². The van der Waals surface area contributed by atoms with Gasteiger partial charge in [0, 0.05) is 41.9 Å². The Balaban J connectivity index is 1.44. The number of tetrazole rings is 1. The van der Waals surface area contributed by atoms with E-state index in [1.54, 1.807) is 10.9 Å². The molecule has 5 aromatic rings. The van der Waals surface area contributed by atoms with E-state index in [9.17, 15) is 4.79 Å². The molecule has 0 bridgehead atoms. The molecule has 0 aliphatic carbocycles. The van der Waals surface area contributed by atoms with Gasteiger partial charge < -0.3 is 9.72 Å². The van der Waals surface area contributed by atoms with Crippen LogP contribution in [0, 0.1) is 0 Å². The number of ether oxygens (including phenoxy) is 1. The standard InChI is InChI=1S/C27H27N7O2/c1-2-36-24-10-11-25-22(14-24)13-23(27(35)29-25)18-33(16-21-9-6-12-28-15-21)19-26-30-31-32-34(26)17-20-7-4-3-5-8-20/h3-15H,2,16-19H2,1H3,(H,29,35). The van der Waals surface area contributed by atoms with Gasteiger partial charge in [0.2, 0.25) is 0 Å². The average molecular weight is 482 g/mol. The number of aromatic nitrogens is 6. The van der Waals surface area contributed by atoms with Gasteiger partial charge in [-0.2, -0.15) is 0 Å². The number of aromatic amines is 1. The molecule has 0 fully saturated rings. The second kappa shape index (κ2) is 10.9. The summed E-state index contributed by atoms with van der Waals surface area (Å²) in [5.41, 5.74) is 3.46. The molecule has 9 heteroatoms. The first-order chi connectivity index (χ1) is 17.7. The molecule has 3 aromatic heterocycles. The van der Waals surface area contributed by atoms with E-state index in [0.29, 0.717) is 38.3 Å². The van der Waals surface area contributed by atoms with Crippen molar-refractivity contribution < 1.29 is 4.74 Å². The van der Waals surface area contributed by atoms with Gasteiger partial charge in [-0.3, -0.25) is 14.7 Å². The molecule has 0 saturated carbocycles. The van der Waals surface area contributed by atoms with Crippen molar-refractivity contribution in [2.24, 2.45) is 0 Å². The van der Waals surface area contributed by atoms with E-state index >= 15 is 0 Å². The molecule has 0 unspecified atom stereocenters. The van der Waals surface area contributed by atoms with Gasteiger partial charge in [0.05, 0.1) is 19.7 Å². The lowest BCUT2D eigenvalue weighted by molar-refractivity contribution is 0.235. The molecule has 2 aromatic carbocycles. The van der Waals surface area contributed by atoms with E-state index in [4.69, 9.17) is 4.74 Å². The lowest BCUT2D eigenvalue weighted by atomic mass is 10.1. The summed E-state index contributed by atoms with van der Waals surface area (Å²) in [7, 11) is 0. The summed E-state index contributed by atoms with van der Waals surface area (Å²) in [5, 5.41) is 13.3. The van der Waals surface area contributed by atoms with E-state index in [1.807, 2.05) is 79.9 Å². The number of fused-ring (bicyclic) bond motifs is 1. The molecule has 0 spiro atoms. The maximum absolute atomic E-state index is 13.0. The first kappa shape index (κ1) is 23.4. The van der Waals surface area contributed by atoms with Crippen LogP contribution in [0.3, 0.4) is 0 Å². The molecule has 0 atom stereocenters. The molecule has 0 amide bonds. The summed E-state index contributed by atoms with van der Waals surface area (Å²) >= 11 is 0. The molecule has 182 valence electrons. The average Bonchev–Trinajstić information content (AvgIpc) is 3.32. The van der Waals surface area contributed by atoms with Crippen LogP contribution in [0.2, 0.25) is 0 Å². The second-order valence-corrected chi connectivity index (χ2v) is 8.55. The van der Waals surface area contributed by atoms with E-state index in [2.05, 4.69) is 30.4 Å². The third-order valence-corrected chi connectivity index (χ3v) is 5.87. The number of rotatable bonds is 10. The SMILES string of the molecule is CCOc1ccc2[nH]c(=O)c(CN(Cc3cccnc3)Cc3nnnn3Cc3ccccc3)cc2c1. The van der Waals surface area contributed by atoms with Crippen molar-refractivity contribution in [2.75, 3.05) is 6.61 Å². The van der Waals surface area contributed by atoms with Crippen LogP contribution in [0.25, 0.3) is 10.9 Å². The molecular formula is C27H27N7O2. The van der Waals surface area contributed by atoms with Gasteiger partial charge in [0.1, 0.15) is 5.75 Å². The monoisotopic (exact) mass is 481 g/mol. The highest BCUT2D eigenvalue weighted by atomic mass is 16.5. The van der Waals surface area contributed by atoms with E-state index in [1.165, 1.54) is 0 Å². The maximum atomic E-state index is 13.0. The van der Waals surface area contributed by atoms with Crippen molar-refractivity contribution in [3.05, 3.63) is 112 Å². The van der Waals surface area contributed by atoms with Gasteiger partial charge in [-0.15, -0.1) is 5.10 Å². The van der Waals surface area contributed by atoms with E-state index in [-0.39, 0.29) is 5.56 Å². The first-order valence-electron chi connectivity index (χ1n) is 11.9. The molecule has 0 radical (unpaired) electrons. The van der Waals surface area contributed by atoms with Crippen LogP contribution in [-0.4, -0.2) is 41.7 Å². The highest BCUT2D eigenvalue weighted by Crippen LogP contribution is 2.20. The Labute approximate surface area is 208 Å². The molecule has 0 aliphatic rings. The Morgan fingerprint density at radius 3 is 2.64 bits per heavy atom. The number of nitrogens with zero attached hydrogens (tertiary/aromatic N) is 6. The molecule has 0 saturated heterocycles. The maximum Gasteiger partial charge on any atom is 0.252 e. The fourth-order valence-corrected chi connectivity index (χ4v) is 4.18. The summed E-state index contributed by atoms with van der Waals surface area (Å²) < 4.78 is 7.44. The first-order valence-corrected chi connectivity index (χ1v) is 11.9. The minimum atomic E-state index is -0.119. The smallest absolute Gasteiger partial charge is 0.252 e. The molecule has 3 heterocycles. The molecule has 5 rings (SSSR count). The van der Waals surface area contributed by atoms with Crippen molar-refractivity contribution >= 4 is 10.9 Å². The minimum absolute atomic E-state index is 0.119.